The van der Waals surface area contributed by atoms with E-state index in [0.29, 0.717) is 19.3 Å². The number of ether oxygens (including phenoxy) is 3. The minimum Gasteiger partial charge on any atom is -0.462 e. The van der Waals surface area contributed by atoms with Gasteiger partial charge in [0.25, 0.3) is 0 Å². The lowest BCUT2D eigenvalue weighted by atomic mass is 10.0. The molecule has 0 aromatic heterocycles. The maximum atomic E-state index is 12.7. The molecule has 6 nitrogen and oxygen atoms in total. The zero-order valence-electron chi connectivity index (χ0n) is 37.4. The van der Waals surface area contributed by atoms with Crippen LogP contribution >= 0.6 is 0 Å². The Morgan fingerprint density at radius 3 is 0.891 bits per heavy atom. The highest BCUT2D eigenvalue weighted by Gasteiger charge is 2.19. The quantitative estimate of drug-likeness (QED) is 0.0348. The predicted octanol–water partition coefficient (Wildman–Crippen LogP) is 15.5. The molecule has 0 aromatic rings. The van der Waals surface area contributed by atoms with E-state index in [1.165, 1.54) is 167 Å². The SMILES string of the molecule is CCCCCCCCCCCCCCCCC(=O)OC[C@@H](COC(=O)CCCCCCCCC)OC(=O)CCCCCCCCCCCCCCCC(C)C. The monoisotopic (exact) mass is 779 g/mol. The van der Waals surface area contributed by atoms with Crippen LogP contribution in [0.2, 0.25) is 0 Å². The van der Waals surface area contributed by atoms with Gasteiger partial charge in [0.1, 0.15) is 13.2 Å². The molecule has 0 N–H and O–H groups in total. The summed E-state index contributed by atoms with van der Waals surface area (Å²) in [5.74, 6) is -0.0166. The fourth-order valence-electron chi connectivity index (χ4n) is 7.33. The van der Waals surface area contributed by atoms with E-state index in [9.17, 15) is 14.4 Å². The van der Waals surface area contributed by atoms with Crippen LogP contribution in [-0.2, 0) is 28.6 Å². The number of carbonyl (C=O) groups excluding carboxylic acids is 3. The van der Waals surface area contributed by atoms with Crippen LogP contribution in [0, 0.1) is 5.92 Å². The Morgan fingerprint density at radius 2 is 0.600 bits per heavy atom. The van der Waals surface area contributed by atoms with Crippen molar-refractivity contribution in [1.82, 2.24) is 0 Å². The summed E-state index contributed by atoms with van der Waals surface area (Å²) >= 11 is 0. The summed E-state index contributed by atoms with van der Waals surface area (Å²) in [4.78, 5) is 37.7. The largest absolute Gasteiger partial charge is 0.462 e. The summed E-state index contributed by atoms with van der Waals surface area (Å²) in [6.45, 7) is 8.98. The first-order chi connectivity index (χ1) is 26.9. The van der Waals surface area contributed by atoms with Crippen LogP contribution in [0.15, 0.2) is 0 Å². The van der Waals surface area contributed by atoms with Gasteiger partial charge in [0.05, 0.1) is 0 Å². The summed E-state index contributed by atoms with van der Waals surface area (Å²) in [6, 6.07) is 0. The van der Waals surface area contributed by atoms with Crippen molar-refractivity contribution in [3.8, 4) is 0 Å². The fourth-order valence-corrected chi connectivity index (χ4v) is 7.33. The predicted molar refractivity (Wildman–Crippen MR) is 233 cm³/mol. The average molecular weight is 779 g/mol. The van der Waals surface area contributed by atoms with E-state index in [-0.39, 0.29) is 31.1 Å². The molecule has 0 spiro atoms. The number of hydrogen-bond donors (Lipinski definition) is 0. The van der Waals surface area contributed by atoms with Crippen molar-refractivity contribution in [2.24, 2.45) is 5.92 Å². The van der Waals surface area contributed by atoms with Crippen LogP contribution in [0.1, 0.15) is 272 Å². The van der Waals surface area contributed by atoms with Gasteiger partial charge in [-0.1, -0.05) is 233 Å². The minimum atomic E-state index is -0.758. The Balaban J connectivity index is 4.23. The van der Waals surface area contributed by atoms with E-state index in [1.807, 2.05) is 0 Å². The maximum Gasteiger partial charge on any atom is 0.306 e. The summed E-state index contributed by atoms with van der Waals surface area (Å²) < 4.78 is 16.7. The number of unbranched alkanes of at least 4 members (excludes halogenated alkanes) is 31. The van der Waals surface area contributed by atoms with Gasteiger partial charge >= 0.3 is 17.9 Å². The summed E-state index contributed by atoms with van der Waals surface area (Å²) in [6.07, 6.45) is 43.8. The van der Waals surface area contributed by atoms with Crippen molar-refractivity contribution >= 4 is 17.9 Å². The highest BCUT2D eigenvalue weighted by atomic mass is 16.6. The second-order valence-electron chi connectivity index (χ2n) is 17.2. The third-order valence-electron chi connectivity index (χ3n) is 11.0. The number of esters is 3. The van der Waals surface area contributed by atoms with Crippen molar-refractivity contribution in [2.45, 2.75) is 278 Å². The Hall–Kier alpha value is -1.59. The van der Waals surface area contributed by atoms with E-state index in [1.54, 1.807) is 0 Å². The van der Waals surface area contributed by atoms with Crippen LogP contribution in [-0.4, -0.2) is 37.2 Å². The Morgan fingerprint density at radius 1 is 0.345 bits per heavy atom. The van der Waals surface area contributed by atoms with Crippen molar-refractivity contribution in [1.29, 1.82) is 0 Å². The number of hydrogen-bond acceptors (Lipinski definition) is 6. The molecule has 0 heterocycles. The lowest BCUT2D eigenvalue weighted by Gasteiger charge is -2.18. The van der Waals surface area contributed by atoms with Crippen LogP contribution in [0.25, 0.3) is 0 Å². The van der Waals surface area contributed by atoms with Crippen LogP contribution in [0.5, 0.6) is 0 Å². The van der Waals surface area contributed by atoms with Gasteiger partial charge in [0.15, 0.2) is 6.10 Å². The van der Waals surface area contributed by atoms with Gasteiger partial charge in [0.2, 0.25) is 0 Å². The van der Waals surface area contributed by atoms with Gasteiger partial charge < -0.3 is 14.2 Å². The van der Waals surface area contributed by atoms with Gasteiger partial charge in [-0.3, -0.25) is 14.4 Å². The first kappa shape index (κ1) is 53.4. The molecule has 0 rings (SSSR count). The zero-order valence-corrected chi connectivity index (χ0v) is 37.4. The number of rotatable bonds is 44. The van der Waals surface area contributed by atoms with Crippen LogP contribution in [0.3, 0.4) is 0 Å². The van der Waals surface area contributed by atoms with E-state index < -0.39 is 6.10 Å². The standard InChI is InChI=1S/C49H94O6/c1-5-7-9-11-13-14-15-16-19-22-25-29-33-37-41-48(51)54-44-46(43-53-47(50)40-36-32-27-12-10-8-6-2)55-49(52)42-38-34-30-26-23-20-17-18-21-24-28-31-35-39-45(3)4/h45-46H,5-44H2,1-4H3/t46-/m1/s1. The first-order valence-corrected chi connectivity index (χ1v) is 24.4. The van der Waals surface area contributed by atoms with Crippen molar-refractivity contribution in [2.75, 3.05) is 13.2 Å². The van der Waals surface area contributed by atoms with E-state index in [4.69, 9.17) is 14.2 Å². The normalized spacial score (nSPS) is 11.9. The smallest absolute Gasteiger partial charge is 0.306 e. The van der Waals surface area contributed by atoms with E-state index in [0.717, 1.165) is 63.7 Å². The molecule has 0 aliphatic heterocycles. The lowest BCUT2D eigenvalue weighted by Crippen LogP contribution is -2.30. The molecular formula is C49H94O6. The molecule has 0 amide bonds. The zero-order chi connectivity index (χ0) is 40.3. The van der Waals surface area contributed by atoms with Gasteiger partial charge in [-0.2, -0.15) is 0 Å². The van der Waals surface area contributed by atoms with Gasteiger partial charge in [-0.05, 0) is 25.2 Å². The molecule has 326 valence electrons. The molecule has 0 fully saturated rings. The molecule has 0 aromatic carbocycles. The fraction of sp³-hybridized carbons (Fsp3) is 0.939. The molecule has 6 heteroatoms. The van der Waals surface area contributed by atoms with Crippen LogP contribution in [0.4, 0.5) is 0 Å². The highest BCUT2D eigenvalue weighted by molar-refractivity contribution is 5.71. The molecule has 0 radical (unpaired) electrons. The summed E-state index contributed by atoms with van der Waals surface area (Å²) in [5, 5.41) is 0. The molecule has 55 heavy (non-hydrogen) atoms. The number of carbonyl (C=O) groups is 3. The maximum absolute atomic E-state index is 12.7. The molecule has 0 aliphatic carbocycles. The Bertz CT molecular complexity index is 826. The summed E-state index contributed by atoms with van der Waals surface area (Å²) in [5.41, 5.74) is 0. The third-order valence-corrected chi connectivity index (χ3v) is 11.0. The molecule has 1 atom stereocenters. The minimum absolute atomic E-state index is 0.0635. The van der Waals surface area contributed by atoms with Crippen molar-refractivity contribution in [3.63, 3.8) is 0 Å². The summed E-state index contributed by atoms with van der Waals surface area (Å²) in [7, 11) is 0. The first-order valence-electron chi connectivity index (χ1n) is 24.4. The van der Waals surface area contributed by atoms with Crippen molar-refractivity contribution in [3.05, 3.63) is 0 Å². The lowest BCUT2D eigenvalue weighted by molar-refractivity contribution is -0.167. The second kappa shape index (κ2) is 43.5. The molecule has 0 saturated carbocycles. The van der Waals surface area contributed by atoms with Gasteiger partial charge in [-0.15, -0.1) is 0 Å². The molecule has 0 aliphatic rings. The Labute approximate surface area is 342 Å². The second-order valence-corrected chi connectivity index (χ2v) is 17.2. The van der Waals surface area contributed by atoms with Crippen LogP contribution < -0.4 is 0 Å². The van der Waals surface area contributed by atoms with Gasteiger partial charge in [-0.25, -0.2) is 0 Å². The molecule has 0 saturated heterocycles. The molecule has 0 bridgehead atoms. The average Bonchev–Trinajstić information content (AvgIpc) is 3.17. The van der Waals surface area contributed by atoms with E-state index >= 15 is 0 Å². The van der Waals surface area contributed by atoms with E-state index in [2.05, 4.69) is 27.7 Å². The molecular weight excluding hydrogens is 685 g/mol. The Kier molecular flexibility index (Phi) is 42.3. The third kappa shape index (κ3) is 43.4. The topological polar surface area (TPSA) is 78.9 Å². The van der Waals surface area contributed by atoms with Gasteiger partial charge in [0, 0.05) is 19.3 Å². The molecule has 0 unspecified atom stereocenters. The van der Waals surface area contributed by atoms with Crippen molar-refractivity contribution < 1.29 is 28.6 Å². The highest BCUT2D eigenvalue weighted by Crippen LogP contribution is 2.17.